The molecule has 1 saturated heterocycles. The van der Waals surface area contributed by atoms with Gasteiger partial charge in [-0.3, -0.25) is 4.90 Å². The van der Waals surface area contributed by atoms with Gasteiger partial charge in [0.1, 0.15) is 9.84 Å². The highest BCUT2D eigenvalue weighted by atomic mass is 32.2. The van der Waals surface area contributed by atoms with E-state index in [2.05, 4.69) is 22.2 Å². The van der Waals surface area contributed by atoms with Crippen molar-refractivity contribution in [3.63, 3.8) is 0 Å². The Morgan fingerprint density at radius 2 is 1.88 bits per heavy atom. The Morgan fingerprint density at radius 3 is 2.47 bits per heavy atom. The predicted octanol–water partition coefficient (Wildman–Crippen LogP) is -0.742. The summed E-state index contributed by atoms with van der Waals surface area (Å²) in [5, 5.41) is 3.33. The summed E-state index contributed by atoms with van der Waals surface area (Å²) in [5.41, 5.74) is 0. The van der Waals surface area contributed by atoms with Crippen molar-refractivity contribution in [1.82, 2.24) is 15.1 Å². The minimum Gasteiger partial charge on any atom is -0.314 e. The van der Waals surface area contributed by atoms with Crippen LogP contribution >= 0.6 is 0 Å². The third-order valence-corrected chi connectivity index (χ3v) is 4.09. The average Bonchev–Trinajstić information content (AvgIpc) is 2.26. The van der Waals surface area contributed by atoms with E-state index in [0.29, 0.717) is 5.75 Å². The van der Waals surface area contributed by atoms with Crippen LogP contribution in [0.15, 0.2) is 0 Å². The molecule has 1 fully saturated rings. The zero-order valence-corrected chi connectivity index (χ0v) is 11.8. The molecule has 0 atom stereocenters. The van der Waals surface area contributed by atoms with E-state index >= 15 is 0 Å². The minimum atomic E-state index is -2.80. The van der Waals surface area contributed by atoms with Gasteiger partial charge >= 0.3 is 0 Å². The quantitative estimate of drug-likeness (QED) is 0.655. The maximum atomic E-state index is 11.0. The van der Waals surface area contributed by atoms with E-state index < -0.39 is 9.84 Å². The number of likely N-dealkylation sites (N-methyl/N-ethyl adjacent to an activating group) is 1. The van der Waals surface area contributed by atoms with Gasteiger partial charge in [-0.1, -0.05) is 0 Å². The fourth-order valence-corrected chi connectivity index (χ4v) is 2.61. The van der Waals surface area contributed by atoms with E-state index in [1.165, 1.54) is 6.26 Å². The Kier molecular flexibility index (Phi) is 6.40. The van der Waals surface area contributed by atoms with Crippen LogP contribution in [0.1, 0.15) is 6.42 Å². The molecule has 1 aliphatic heterocycles. The van der Waals surface area contributed by atoms with Crippen LogP contribution in [0.4, 0.5) is 0 Å². The number of rotatable bonds is 7. The molecule has 0 radical (unpaired) electrons. The lowest BCUT2D eigenvalue weighted by atomic mass is 10.3. The summed E-state index contributed by atoms with van der Waals surface area (Å²) < 4.78 is 22.0. The molecular weight excluding hydrogens is 238 g/mol. The molecule has 1 aliphatic rings. The molecule has 0 spiro atoms. The maximum Gasteiger partial charge on any atom is 0.147 e. The van der Waals surface area contributed by atoms with Crippen molar-refractivity contribution in [3.05, 3.63) is 0 Å². The van der Waals surface area contributed by atoms with Crippen LogP contribution in [-0.2, 0) is 9.84 Å². The third kappa shape index (κ3) is 7.70. The molecule has 6 heteroatoms. The van der Waals surface area contributed by atoms with Crippen LogP contribution in [0.25, 0.3) is 0 Å². The fourth-order valence-electron chi connectivity index (χ4n) is 1.96. The molecule has 0 aliphatic carbocycles. The monoisotopic (exact) mass is 263 g/mol. The summed E-state index contributed by atoms with van der Waals surface area (Å²) in [7, 11) is -0.741. The van der Waals surface area contributed by atoms with Gasteiger partial charge in [-0.15, -0.1) is 0 Å². The van der Waals surface area contributed by atoms with E-state index in [4.69, 9.17) is 0 Å². The first-order chi connectivity index (χ1) is 7.97. The zero-order chi connectivity index (χ0) is 12.7. The van der Waals surface area contributed by atoms with Crippen molar-refractivity contribution in [2.45, 2.75) is 6.42 Å². The number of piperazine rings is 1. The van der Waals surface area contributed by atoms with Gasteiger partial charge in [-0.25, -0.2) is 8.42 Å². The van der Waals surface area contributed by atoms with Gasteiger partial charge in [-0.2, -0.15) is 0 Å². The third-order valence-electron chi connectivity index (χ3n) is 3.06. The molecule has 0 unspecified atom stereocenters. The molecule has 0 amide bonds. The Morgan fingerprint density at radius 1 is 1.24 bits per heavy atom. The van der Waals surface area contributed by atoms with Crippen molar-refractivity contribution in [2.75, 3.05) is 64.9 Å². The lowest BCUT2D eigenvalue weighted by Gasteiger charge is -2.29. The van der Waals surface area contributed by atoms with Crippen molar-refractivity contribution in [3.8, 4) is 0 Å². The molecule has 0 aromatic rings. The molecule has 0 saturated carbocycles. The van der Waals surface area contributed by atoms with Gasteiger partial charge < -0.3 is 10.2 Å². The highest BCUT2D eigenvalue weighted by Gasteiger charge is 2.10. The lowest BCUT2D eigenvalue weighted by Crippen LogP contribution is -2.46. The first-order valence-corrected chi connectivity index (χ1v) is 8.33. The highest BCUT2D eigenvalue weighted by molar-refractivity contribution is 7.90. The van der Waals surface area contributed by atoms with Crippen molar-refractivity contribution in [2.24, 2.45) is 0 Å². The molecule has 1 heterocycles. The minimum absolute atomic E-state index is 0.297. The van der Waals surface area contributed by atoms with Crippen LogP contribution in [0, 0.1) is 0 Å². The van der Waals surface area contributed by atoms with Crippen LogP contribution in [-0.4, -0.2) is 83.1 Å². The van der Waals surface area contributed by atoms with Gasteiger partial charge in [0, 0.05) is 45.5 Å². The number of sulfone groups is 1. The first-order valence-electron chi connectivity index (χ1n) is 6.27. The molecule has 1 rings (SSSR count). The lowest BCUT2D eigenvalue weighted by molar-refractivity contribution is 0.205. The number of hydrogen-bond acceptors (Lipinski definition) is 5. The normalized spacial score (nSPS) is 18.8. The van der Waals surface area contributed by atoms with Crippen LogP contribution in [0.3, 0.4) is 0 Å². The predicted molar refractivity (Wildman–Crippen MR) is 71.1 cm³/mol. The van der Waals surface area contributed by atoms with Crippen molar-refractivity contribution >= 4 is 9.84 Å². The van der Waals surface area contributed by atoms with Crippen LogP contribution in [0.5, 0.6) is 0 Å². The van der Waals surface area contributed by atoms with E-state index in [9.17, 15) is 8.42 Å². The molecule has 102 valence electrons. The highest BCUT2D eigenvalue weighted by Crippen LogP contribution is 1.95. The number of nitrogens with zero attached hydrogens (tertiary/aromatic N) is 2. The number of nitrogens with one attached hydrogen (secondary N) is 1. The van der Waals surface area contributed by atoms with Crippen molar-refractivity contribution in [1.29, 1.82) is 0 Å². The van der Waals surface area contributed by atoms with Gasteiger partial charge in [-0.05, 0) is 20.0 Å². The average molecular weight is 263 g/mol. The smallest absolute Gasteiger partial charge is 0.147 e. The SMILES string of the molecule is CN(CCCS(C)(=O)=O)CCN1CCNCC1. The van der Waals surface area contributed by atoms with Crippen LogP contribution < -0.4 is 5.32 Å². The summed E-state index contributed by atoms with van der Waals surface area (Å²) in [6, 6.07) is 0. The fraction of sp³-hybridized carbons (Fsp3) is 1.00. The van der Waals surface area contributed by atoms with Crippen LogP contribution in [0.2, 0.25) is 0 Å². The number of hydrogen-bond donors (Lipinski definition) is 1. The largest absolute Gasteiger partial charge is 0.314 e. The Bertz CT molecular complexity index is 300. The molecular formula is C11H25N3O2S. The standard InChI is InChI=1S/C11H25N3O2S/c1-13(6-3-11-17(2,15)16)9-10-14-7-4-12-5-8-14/h12H,3-11H2,1-2H3. The molecule has 0 aromatic carbocycles. The van der Waals surface area contributed by atoms with E-state index in [0.717, 1.165) is 52.2 Å². The van der Waals surface area contributed by atoms with Gasteiger partial charge in [0.2, 0.25) is 0 Å². The summed E-state index contributed by atoms with van der Waals surface area (Å²) in [4.78, 5) is 4.66. The van der Waals surface area contributed by atoms with E-state index in [1.807, 2.05) is 0 Å². The summed E-state index contributed by atoms with van der Waals surface area (Å²) in [6.07, 6.45) is 2.03. The van der Waals surface area contributed by atoms with Crippen molar-refractivity contribution < 1.29 is 8.42 Å². The first kappa shape index (κ1) is 14.9. The second-order valence-corrected chi connectivity index (χ2v) is 7.14. The Hall–Kier alpha value is -0.170. The van der Waals surface area contributed by atoms with Gasteiger partial charge in [0.25, 0.3) is 0 Å². The van der Waals surface area contributed by atoms with Gasteiger partial charge in [0.15, 0.2) is 0 Å². The van der Waals surface area contributed by atoms with E-state index in [-0.39, 0.29) is 0 Å². The summed E-state index contributed by atoms with van der Waals surface area (Å²) >= 11 is 0. The summed E-state index contributed by atoms with van der Waals surface area (Å²) in [5.74, 6) is 0.297. The second-order valence-electron chi connectivity index (χ2n) is 4.88. The maximum absolute atomic E-state index is 11.0. The van der Waals surface area contributed by atoms with Gasteiger partial charge in [0.05, 0.1) is 5.75 Å². The Balaban J connectivity index is 2.06. The summed E-state index contributed by atoms with van der Waals surface area (Å²) in [6.45, 7) is 7.37. The molecule has 5 nitrogen and oxygen atoms in total. The topological polar surface area (TPSA) is 52.7 Å². The zero-order valence-electron chi connectivity index (χ0n) is 11.0. The molecule has 0 aromatic heterocycles. The second kappa shape index (κ2) is 7.31. The molecule has 1 N–H and O–H groups in total. The molecule has 17 heavy (non-hydrogen) atoms. The Labute approximate surface area is 105 Å². The van der Waals surface area contributed by atoms with E-state index in [1.54, 1.807) is 0 Å². The molecule has 0 bridgehead atoms.